The molecule has 18 heavy (non-hydrogen) atoms. The fourth-order valence-corrected chi connectivity index (χ4v) is 3.19. The highest BCUT2D eigenvalue weighted by Crippen LogP contribution is 2.23. The number of nitrogens with zero attached hydrogens (tertiary/aromatic N) is 2. The van der Waals surface area contributed by atoms with Crippen molar-refractivity contribution in [1.29, 1.82) is 0 Å². The molecule has 0 aromatic carbocycles. The number of hydrogen-bond acceptors (Lipinski definition) is 3. The van der Waals surface area contributed by atoms with E-state index in [1.54, 1.807) is 0 Å². The summed E-state index contributed by atoms with van der Waals surface area (Å²) in [7, 11) is 2.04. The Bertz CT molecular complexity index is 402. The highest BCUT2D eigenvalue weighted by molar-refractivity contribution is 7.10. The lowest BCUT2D eigenvalue weighted by atomic mass is 10.1. The molecule has 2 heterocycles. The van der Waals surface area contributed by atoms with Crippen molar-refractivity contribution in [2.75, 3.05) is 26.7 Å². The Labute approximate surface area is 113 Å². The van der Waals surface area contributed by atoms with Crippen molar-refractivity contribution in [2.24, 2.45) is 0 Å². The van der Waals surface area contributed by atoms with E-state index in [4.69, 9.17) is 0 Å². The zero-order valence-corrected chi connectivity index (χ0v) is 12.1. The Morgan fingerprint density at radius 3 is 3.17 bits per heavy atom. The third kappa shape index (κ3) is 3.33. The first kappa shape index (κ1) is 13.6. The third-order valence-corrected chi connectivity index (χ3v) is 4.48. The van der Waals surface area contributed by atoms with Gasteiger partial charge < -0.3 is 4.90 Å². The maximum Gasteiger partial charge on any atom is 0.237 e. The standard InChI is InChI=1S/C14H22N2OS/c1-3-4-7-15(2)11-14(17)16-8-5-13-12(10-16)6-9-18-13/h6,9H,3-5,7-8,10-11H2,1-2H3. The van der Waals surface area contributed by atoms with Crippen LogP contribution in [0.25, 0.3) is 0 Å². The minimum Gasteiger partial charge on any atom is -0.337 e. The summed E-state index contributed by atoms with van der Waals surface area (Å²) in [5.74, 6) is 0.269. The molecule has 0 atom stereocenters. The van der Waals surface area contributed by atoms with E-state index in [-0.39, 0.29) is 5.91 Å². The summed E-state index contributed by atoms with van der Waals surface area (Å²) in [5.41, 5.74) is 1.34. The van der Waals surface area contributed by atoms with Crippen LogP contribution in [0.2, 0.25) is 0 Å². The average molecular weight is 266 g/mol. The van der Waals surface area contributed by atoms with Crippen LogP contribution in [0, 0.1) is 0 Å². The molecule has 0 saturated carbocycles. The molecule has 0 radical (unpaired) electrons. The molecule has 0 aliphatic carbocycles. The Balaban J connectivity index is 1.84. The van der Waals surface area contributed by atoms with Gasteiger partial charge in [0.15, 0.2) is 0 Å². The van der Waals surface area contributed by atoms with E-state index in [0.717, 1.165) is 26.1 Å². The van der Waals surface area contributed by atoms with Crippen molar-refractivity contribution in [1.82, 2.24) is 9.80 Å². The fourth-order valence-electron chi connectivity index (χ4n) is 2.30. The third-order valence-electron chi connectivity index (χ3n) is 3.46. The first-order valence-electron chi connectivity index (χ1n) is 6.72. The number of rotatable bonds is 5. The van der Waals surface area contributed by atoms with Gasteiger partial charge in [-0.05, 0) is 43.4 Å². The van der Waals surface area contributed by atoms with Crippen molar-refractivity contribution in [3.63, 3.8) is 0 Å². The first-order valence-corrected chi connectivity index (χ1v) is 7.60. The van der Waals surface area contributed by atoms with Gasteiger partial charge in [0.2, 0.25) is 5.91 Å². The molecule has 3 nitrogen and oxygen atoms in total. The number of thiophene rings is 1. The Morgan fingerprint density at radius 2 is 2.39 bits per heavy atom. The Kier molecular flexibility index (Phi) is 4.78. The van der Waals surface area contributed by atoms with E-state index >= 15 is 0 Å². The van der Waals surface area contributed by atoms with Crippen LogP contribution >= 0.6 is 11.3 Å². The lowest BCUT2D eigenvalue weighted by Gasteiger charge is -2.28. The first-order chi connectivity index (χ1) is 8.70. The minimum atomic E-state index is 0.269. The summed E-state index contributed by atoms with van der Waals surface area (Å²) < 4.78 is 0. The van der Waals surface area contributed by atoms with Crippen molar-refractivity contribution in [2.45, 2.75) is 32.7 Å². The van der Waals surface area contributed by atoms with E-state index < -0.39 is 0 Å². The van der Waals surface area contributed by atoms with Crippen molar-refractivity contribution < 1.29 is 4.79 Å². The SMILES string of the molecule is CCCCN(C)CC(=O)N1CCc2sccc2C1. The predicted octanol–water partition coefficient (Wildman–Crippen LogP) is 2.36. The van der Waals surface area contributed by atoms with Gasteiger partial charge in [-0.15, -0.1) is 11.3 Å². The summed E-state index contributed by atoms with van der Waals surface area (Å²) in [6.07, 6.45) is 3.37. The van der Waals surface area contributed by atoms with Gasteiger partial charge in [-0.3, -0.25) is 9.69 Å². The van der Waals surface area contributed by atoms with Crippen LogP contribution in [0.15, 0.2) is 11.4 Å². The highest BCUT2D eigenvalue weighted by atomic mass is 32.1. The number of carbonyl (C=O) groups is 1. The maximum atomic E-state index is 12.2. The van der Waals surface area contributed by atoms with Gasteiger partial charge in [0, 0.05) is 18.0 Å². The molecular formula is C14H22N2OS. The predicted molar refractivity (Wildman–Crippen MR) is 75.8 cm³/mol. The van der Waals surface area contributed by atoms with E-state index in [2.05, 4.69) is 23.3 Å². The number of fused-ring (bicyclic) bond motifs is 1. The van der Waals surface area contributed by atoms with Gasteiger partial charge in [-0.25, -0.2) is 0 Å². The van der Waals surface area contributed by atoms with Crippen LogP contribution in [-0.2, 0) is 17.8 Å². The summed E-state index contributed by atoms with van der Waals surface area (Å²) in [4.78, 5) is 17.8. The van der Waals surface area contributed by atoms with Gasteiger partial charge >= 0.3 is 0 Å². The van der Waals surface area contributed by atoms with Crippen molar-refractivity contribution in [3.8, 4) is 0 Å². The number of likely N-dealkylation sites (N-methyl/N-ethyl adjacent to an activating group) is 1. The Hall–Kier alpha value is -0.870. The monoisotopic (exact) mass is 266 g/mol. The van der Waals surface area contributed by atoms with Crippen LogP contribution in [0.4, 0.5) is 0 Å². The summed E-state index contributed by atoms with van der Waals surface area (Å²) in [6, 6.07) is 2.15. The number of amides is 1. The molecule has 100 valence electrons. The number of hydrogen-bond donors (Lipinski definition) is 0. The van der Waals surface area contributed by atoms with E-state index in [1.165, 1.54) is 23.3 Å². The van der Waals surface area contributed by atoms with Gasteiger partial charge in [-0.1, -0.05) is 13.3 Å². The smallest absolute Gasteiger partial charge is 0.237 e. The van der Waals surface area contributed by atoms with E-state index in [0.29, 0.717) is 6.54 Å². The lowest BCUT2D eigenvalue weighted by Crippen LogP contribution is -2.41. The van der Waals surface area contributed by atoms with Crippen molar-refractivity contribution >= 4 is 17.2 Å². The largest absolute Gasteiger partial charge is 0.337 e. The Morgan fingerprint density at radius 1 is 1.56 bits per heavy atom. The molecule has 0 bridgehead atoms. The van der Waals surface area contributed by atoms with Crippen LogP contribution in [0.5, 0.6) is 0 Å². The molecule has 1 aliphatic heterocycles. The van der Waals surface area contributed by atoms with Crippen molar-refractivity contribution in [3.05, 3.63) is 21.9 Å². The van der Waals surface area contributed by atoms with Crippen LogP contribution in [0.1, 0.15) is 30.2 Å². The van der Waals surface area contributed by atoms with Crippen LogP contribution in [-0.4, -0.2) is 42.4 Å². The zero-order chi connectivity index (χ0) is 13.0. The second-order valence-corrected chi connectivity index (χ2v) is 6.03. The molecule has 0 spiro atoms. The molecule has 1 aliphatic rings. The molecule has 0 N–H and O–H groups in total. The highest BCUT2D eigenvalue weighted by Gasteiger charge is 2.21. The van der Waals surface area contributed by atoms with E-state index in [1.807, 2.05) is 23.3 Å². The zero-order valence-electron chi connectivity index (χ0n) is 11.3. The molecule has 0 fully saturated rings. The molecule has 1 aromatic rings. The van der Waals surface area contributed by atoms with Gasteiger partial charge in [0.05, 0.1) is 6.54 Å². The topological polar surface area (TPSA) is 23.6 Å². The molecule has 4 heteroatoms. The molecule has 2 rings (SSSR count). The summed E-state index contributed by atoms with van der Waals surface area (Å²) in [6.45, 7) is 5.44. The normalized spacial score (nSPS) is 14.9. The summed E-state index contributed by atoms with van der Waals surface area (Å²) in [5, 5.41) is 2.13. The van der Waals surface area contributed by atoms with E-state index in [9.17, 15) is 4.79 Å². The quantitative estimate of drug-likeness (QED) is 0.817. The number of carbonyl (C=O) groups excluding carboxylic acids is 1. The minimum absolute atomic E-state index is 0.269. The van der Waals surface area contributed by atoms with Gasteiger partial charge in [-0.2, -0.15) is 0 Å². The van der Waals surface area contributed by atoms with Crippen LogP contribution in [0.3, 0.4) is 0 Å². The molecule has 1 amide bonds. The second-order valence-electron chi connectivity index (χ2n) is 5.03. The molecule has 0 saturated heterocycles. The maximum absolute atomic E-state index is 12.2. The average Bonchev–Trinajstić information content (AvgIpc) is 2.83. The fraction of sp³-hybridized carbons (Fsp3) is 0.643. The molecule has 0 unspecified atom stereocenters. The lowest BCUT2D eigenvalue weighted by molar-refractivity contribution is -0.133. The number of unbranched alkanes of at least 4 members (excludes halogenated alkanes) is 1. The molecule has 1 aromatic heterocycles. The van der Waals surface area contributed by atoms with Gasteiger partial charge in [0.1, 0.15) is 0 Å². The molecular weight excluding hydrogens is 244 g/mol. The second kappa shape index (κ2) is 6.34. The van der Waals surface area contributed by atoms with Crippen LogP contribution < -0.4 is 0 Å². The summed E-state index contributed by atoms with van der Waals surface area (Å²) >= 11 is 1.82. The van der Waals surface area contributed by atoms with Gasteiger partial charge in [0.25, 0.3) is 0 Å².